The zero-order valence-corrected chi connectivity index (χ0v) is 20.0. The van der Waals surface area contributed by atoms with Gasteiger partial charge in [-0.15, -0.1) is 0 Å². The second-order valence-electron chi connectivity index (χ2n) is 6.80. The predicted molar refractivity (Wildman–Crippen MR) is 127 cm³/mol. The summed E-state index contributed by atoms with van der Waals surface area (Å²) in [6.45, 7) is 6.89. The maximum atomic E-state index is 12.9. The number of nitrogens with one attached hydrogen (secondary N) is 3. The molecule has 32 heavy (non-hydrogen) atoms. The lowest BCUT2D eigenvalue weighted by molar-refractivity contribution is -0.114. The van der Waals surface area contributed by atoms with Gasteiger partial charge in [-0.05, 0) is 37.3 Å². The minimum Gasteiger partial charge on any atom is -0.493 e. The summed E-state index contributed by atoms with van der Waals surface area (Å²) in [5, 5.41) is 9.01. The molecule has 0 spiro atoms. The number of rotatable bonds is 12. The molecule has 3 N–H and O–H groups in total. The van der Waals surface area contributed by atoms with E-state index in [0.717, 1.165) is 0 Å². The van der Waals surface area contributed by atoms with E-state index in [0.29, 0.717) is 48.2 Å². The molecule has 0 aromatic heterocycles. The van der Waals surface area contributed by atoms with Crippen LogP contribution in [0.1, 0.15) is 20.8 Å². The lowest BCUT2D eigenvalue weighted by Gasteiger charge is -2.20. The molecule has 0 aliphatic rings. The highest BCUT2D eigenvalue weighted by atomic mass is 32.2. The number of sulfonamides is 1. The smallest absolute Gasteiger partial charge is 0.243 e. The number of amides is 1. The van der Waals surface area contributed by atoms with Crippen LogP contribution in [0.5, 0.6) is 11.5 Å². The van der Waals surface area contributed by atoms with E-state index in [1.807, 2.05) is 6.92 Å². The largest absolute Gasteiger partial charge is 0.493 e. The van der Waals surface area contributed by atoms with Gasteiger partial charge in [-0.1, -0.05) is 13.8 Å². The number of anilines is 3. The van der Waals surface area contributed by atoms with Crippen LogP contribution >= 0.6 is 0 Å². The van der Waals surface area contributed by atoms with Crippen molar-refractivity contribution in [3.8, 4) is 11.5 Å². The fraction of sp³-hybridized carbons (Fsp3) is 0.409. The van der Waals surface area contributed by atoms with Gasteiger partial charge in [-0.3, -0.25) is 4.79 Å². The van der Waals surface area contributed by atoms with Crippen LogP contribution in [0.3, 0.4) is 0 Å². The maximum Gasteiger partial charge on any atom is 0.243 e. The molecule has 0 fully saturated rings. The van der Waals surface area contributed by atoms with Crippen LogP contribution < -0.4 is 25.4 Å². The van der Waals surface area contributed by atoms with E-state index in [1.165, 1.54) is 18.5 Å². The van der Waals surface area contributed by atoms with Crippen LogP contribution in [0, 0.1) is 0 Å². The first kappa shape index (κ1) is 25.3. The highest BCUT2D eigenvalue weighted by Crippen LogP contribution is 2.30. The highest BCUT2D eigenvalue weighted by molar-refractivity contribution is 7.89. The maximum absolute atomic E-state index is 12.9. The van der Waals surface area contributed by atoms with Crippen LogP contribution in [0.4, 0.5) is 17.1 Å². The molecule has 0 saturated carbocycles. The summed E-state index contributed by atoms with van der Waals surface area (Å²) in [5.74, 6) is 0.767. The number of carbonyl (C=O) groups excluding carboxylic acids is 1. The molecule has 0 heterocycles. The summed E-state index contributed by atoms with van der Waals surface area (Å²) in [6, 6.07) is 9.90. The lowest BCUT2D eigenvalue weighted by Crippen LogP contribution is -2.30. The van der Waals surface area contributed by atoms with E-state index in [4.69, 9.17) is 9.47 Å². The fourth-order valence-electron chi connectivity index (χ4n) is 3.18. The summed E-state index contributed by atoms with van der Waals surface area (Å²) in [6.07, 6.45) is 0. The second-order valence-corrected chi connectivity index (χ2v) is 8.74. The van der Waals surface area contributed by atoms with E-state index in [1.54, 1.807) is 50.2 Å². The Morgan fingerprint density at radius 3 is 2.19 bits per heavy atom. The van der Waals surface area contributed by atoms with Crippen molar-refractivity contribution in [1.29, 1.82) is 0 Å². The molecule has 0 aliphatic carbocycles. The van der Waals surface area contributed by atoms with Crippen molar-refractivity contribution in [3.63, 3.8) is 0 Å². The van der Waals surface area contributed by atoms with Gasteiger partial charge in [0.25, 0.3) is 0 Å². The molecule has 0 saturated heterocycles. The summed E-state index contributed by atoms with van der Waals surface area (Å²) in [4.78, 5) is 12.7. The van der Waals surface area contributed by atoms with Crippen molar-refractivity contribution < 1.29 is 22.7 Å². The molecule has 0 unspecified atom stereocenters. The Hall–Kier alpha value is -2.98. The quantitative estimate of drug-likeness (QED) is 0.442. The number of nitrogens with zero attached hydrogens (tertiary/aromatic N) is 1. The number of carbonyl (C=O) groups is 1. The first-order valence-corrected chi connectivity index (χ1v) is 11.9. The Bertz CT molecular complexity index is 1020. The van der Waals surface area contributed by atoms with Crippen LogP contribution in [-0.2, 0) is 14.8 Å². The van der Waals surface area contributed by atoms with Crippen molar-refractivity contribution in [2.45, 2.75) is 25.7 Å². The Kier molecular flexibility index (Phi) is 9.15. The Morgan fingerprint density at radius 2 is 1.59 bits per heavy atom. The van der Waals surface area contributed by atoms with Gasteiger partial charge in [-0.25, -0.2) is 8.42 Å². The summed E-state index contributed by atoms with van der Waals surface area (Å²) < 4.78 is 37.6. The van der Waals surface area contributed by atoms with Gasteiger partial charge in [-0.2, -0.15) is 4.31 Å². The monoisotopic (exact) mass is 464 g/mol. The normalized spacial score (nSPS) is 11.2. The van der Waals surface area contributed by atoms with E-state index < -0.39 is 10.0 Å². The predicted octanol–water partition coefficient (Wildman–Crippen LogP) is 3.22. The minimum absolute atomic E-state index is 0.0541. The molecule has 10 heteroatoms. The van der Waals surface area contributed by atoms with Crippen molar-refractivity contribution in [3.05, 3.63) is 36.4 Å². The third-order valence-corrected chi connectivity index (χ3v) is 6.85. The van der Waals surface area contributed by atoms with Gasteiger partial charge >= 0.3 is 0 Å². The van der Waals surface area contributed by atoms with Gasteiger partial charge in [0.1, 0.15) is 0 Å². The van der Waals surface area contributed by atoms with Gasteiger partial charge in [0.15, 0.2) is 11.5 Å². The molecular weight excluding hydrogens is 432 g/mol. The minimum atomic E-state index is -3.62. The first-order valence-electron chi connectivity index (χ1n) is 10.4. The van der Waals surface area contributed by atoms with Crippen LogP contribution in [-0.4, -0.2) is 59.0 Å². The second kappa shape index (κ2) is 11.6. The number of benzene rings is 2. The molecule has 0 bridgehead atoms. The number of ether oxygens (including phenoxy) is 2. The SMILES string of the molecule is CCNc1ccc(S(=O)(=O)N(CC)CC)cc1NCC(=O)Nc1ccc(OC)c(OC)c1. The molecule has 176 valence electrons. The van der Waals surface area contributed by atoms with Crippen LogP contribution in [0.25, 0.3) is 0 Å². The number of hydrogen-bond acceptors (Lipinski definition) is 7. The molecule has 0 radical (unpaired) electrons. The van der Waals surface area contributed by atoms with Gasteiger partial charge in [0.05, 0.1) is 37.0 Å². The standard InChI is InChI=1S/C22H32N4O5S/c1-6-23-18-11-10-17(32(28,29)26(7-2)8-3)14-19(18)24-15-22(27)25-16-9-12-20(30-4)21(13-16)31-5/h9-14,23-24H,6-8,15H2,1-5H3,(H,25,27). The number of methoxy groups -OCH3 is 2. The molecule has 2 aromatic carbocycles. The van der Waals surface area contributed by atoms with Gasteiger partial charge < -0.3 is 25.4 Å². The zero-order valence-electron chi connectivity index (χ0n) is 19.2. The molecular formula is C22H32N4O5S. The zero-order chi connectivity index (χ0) is 23.7. The molecule has 2 aromatic rings. The van der Waals surface area contributed by atoms with E-state index >= 15 is 0 Å². The molecule has 9 nitrogen and oxygen atoms in total. The van der Waals surface area contributed by atoms with Crippen molar-refractivity contribution in [2.75, 3.05) is 56.3 Å². The molecule has 0 aliphatic heterocycles. The average molecular weight is 465 g/mol. The Labute approximate surface area is 190 Å². The third kappa shape index (κ3) is 6.04. The van der Waals surface area contributed by atoms with E-state index in [9.17, 15) is 13.2 Å². The van der Waals surface area contributed by atoms with Crippen LogP contribution in [0.15, 0.2) is 41.3 Å². The lowest BCUT2D eigenvalue weighted by atomic mass is 10.2. The summed E-state index contributed by atoms with van der Waals surface area (Å²) >= 11 is 0. The van der Waals surface area contributed by atoms with Gasteiger partial charge in [0.2, 0.25) is 15.9 Å². The van der Waals surface area contributed by atoms with E-state index in [-0.39, 0.29) is 17.3 Å². The molecule has 0 atom stereocenters. The number of hydrogen-bond donors (Lipinski definition) is 3. The first-order chi connectivity index (χ1) is 15.3. The highest BCUT2D eigenvalue weighted by Gasteiger charge is 2.22. The van der Waals surface area contributed by atoms with Crippen molar-refractivity contribution in [2.24, 2.45) is 0 Å². The summed E-state index contributed by atoms with van der Waals surface area (Å²) in [5.41, 5.74) is 1.80. The average Bonchev–Trinajstić information content (AvgIpc) is 2.79. The molecule has 1 amide bonds. The topological polar surface area (TPSA) is 109 Å². The van der Waals surface area contributed by atoms with Crippen LogP contribution in [0.2, 0.25) is 0 Å². The van der Waals surface area contributed by atoms with E-state index in [2.05, 4.69) is 16.0 Å². The van der Waals surface area contributed by atoms with Gasteiger partial charge in [0, 0.05) is 31.4 Å². The Morgan fingerprint density at radius 1 is 0.906 bits per heavy atom. The van der Waals surface area contributed by atoms with Crippen molar-refractivity contribution in [1.82, 2.24) is 4.31 Å². The Balaban J connectivity index is 2.19. The van der Waals surface area contributed by atoms with Crippen molar-refractivity contribution >= 4 is 33.0 Å². The summed E-state index contributed by atoms with van der Waals surface area (Å²) in [7, 11) is -0.559. The fourth-order valence-corrected chi connectivity index (χ4v) is 4.67. The molecule has 2 rings (SSSR count). The third-order valence-electron chi connectivity index (χ3n) is 4.81.